The lowest BCUT2D eigenvalue weighted by Crippen LogP contribution is -2.08. The summed E-state index contributed by atoms with van der Waals surface area (Å²) in [5.74, 6) is -0.0829. The molecule has 9 heteroatoms. The van der Waals surface area contributed by atoms with E-state index in [1.54, 1.807) is 24.5 Å². The van der Waals surface area contributed by atoms with Crippen molar-refractivity contribution in [1.29, 1.82) is 0 Å². The molecule has 1 unspecified atom stereocenters. The zero-order chi connectivity index (χ0) is 28.6. The molecule has 0 aromatic heterocycles. The van der Waals surface area contributed by atoms with Gasteiger partial charge in [0.15, 0.2) is 0 Å². The van der Waals surface area contributed by atoms with Crippen molar-refractivity contribution in [2.24, 2.45) is 0 Å². The van der Waals surface area contributed by atoms with Gasteiger partial charge in [-0.3, -0.25) is 9.00 Å². The lowest BCUT2D eigenvalue weighted by molar-refractivity contribution is -0.137. The largest absolute Gasteiger partial charge is 0.494 e. The summed E-state index contributed by atoms with van der Waals surface area (Å²) in [5, 5.41) is 9.14. The van der Waals surface area contributed by atoms with E-state index in [1.165, 1.54) is 0 Å². The van der Waals surface area contributed by atoms with Gasteiger partial charge in [-0.15, -0.1) is 0 Å². The van der Waals surface area contributed by atoms with Crippen LogP contribution in [-0.2, 0) is 22.0 Å². The number of carboxylic acid groups (broad SMARTS) is 1. The standard InChI is InChI=1S/C31H32F2O6S/c1-17-11-21(37-9-4-10-40(3)36)12-18(2)29(17)31-23-7-8-26(30(23)24(32)15-25(31)33)39-20-5-6-22-19(13-28(34)35)16-38-27(22)14-20/h5-6,11-12,14-15,19,26H,4,7-10,13,16H2,1-3H3,(H,34,35)/t19-,26-,40?/m1/s1. The summed E-state index contributed by atoms with van der Waals surface area (Å²) < 4.78 is 59.7. The Hall–Kier alpha value is -3.46. The first-order valence-corrected chi connectivity index (χ1v) is 15.1. The van der Waals surface area contributed by atoms with Gasteiger partial charge in [0.2, 0.25) is 0 Å². The first-order valence-electron chi connectivity index (χ1n) is 13.3. The molecule has 5 rings (SSSR count). The van der Waals surface area contributed by atoms with Crippen molar-refractivity contribution >= 4 is 16.8 Å². The lowest BCUT2D eigenvalue weighted by Gasteiger charge is -2.20. The summed E-state index contributed by atoms with van der Waals surface area (Å²) in [6.07, 6.45) is 2.65. The third-order valence-corrected chi connectivity index (χ3v) is 8.38. The lowest BCUT2D eigenvalue weighted by atomic mass is 9.89. The molecule has 1 aliphatic carbocycles. The van der Waals surface area contributed by atoms with E-state index in [-0.39, 0.29) is 18.9 Å². The highest BCUT2D eigenvalue weighted by molar-refractivity contribution is 7.84. The predicted octanol–water partition coefficient (Wildman–Crippen LogP) is 6.41. The van der Waals surface area contributed by atoms with Gasteiger partial charge in [-0.1, -0.05) is 6.07 Å². The van der Waals surface area contributed by atoms with Gasteiger partial charge in [0.05, 0.1) is 19.6 Å². The van der Waals surface area contributed by atoms with Crippen LogP contribution in [0.15, 0.2) is 36.4 Å². The number of benzene rings is 3. The molecule has 40 heavy (non-hydrogen) atoms. The first-order chi connectivity index (χ1) is 19.1. The molecule has 6 nitrogen and oxygen atoms in total. The molecular formula is C31H32F2O6S. The SMILES string of the molecule is Cc1cc(OCCCS(C)=O)cc(C)c1-c1c(F)cc(F)c2c1CC[C@H]2Oc1ccc2c(c1)OC[C@H]2CC(=O)O. The molecule has 0 fully saturated rings. The van der Waals surface area contributed by atoms with Crippen molar-refractivity contribution in [3.8, 4) is 28.4 Å². The van der Waals surface area contributed by atoms with E-state index in [1.807, 2.05) is 26.0 Å². The Morgan fingerprint density at radius 1 is 1.07 bits per heavy atom. The topological polar surface area (TPSA) is 82.1 Å². The molecule has 3 atom stereocenters. The van der Waals surface area contributed by atoms with Gasteiger partial charge in [0, 0.05) is 57.5 Å². The minimum absolute atomic E-state index is 0.0182. The normalized spacial score (nSPS) is 18.1. The Labute approximate surface area is 234 Å². The van der Waals surface area contributed by atoms with E-state index < -0.39 is 34.5 Å². The molecule has 0 bridgehead atoms. The van der Waals surface area contributed by atoms with Crippen LogP contribution in [0.3, 0.4) is 0 Å². The van der Waals surface area contributed by atoms with E-state index in [9.17, 15) is 9.00 Å². The van der Waals surface area contributed by atoms with Crippen molar-refractivity contribution in [3.63, 3.8) is 0 Å². The number of aryl methyl sites for hydroxylation is 2. The second-order valence-electron chi connectivity index (χ2n) is 10.5. The number of fused-ring (bicyclic) bond motifs is 2. The van der Waals surface area contributed by atoms with Crippen LogP contribution in [0.4, 0.5) is 8.78 Å². The van der Waals surface area contributed by atoms with Crippen molar-refractivity contribution in [2.45, 2.75) is 51.6 Å². The number of aliphatic carboxylic acids is 1. The molecule has 0 saturated heterocycles. The van der Waals surface area contributed by atoms with E-state index in [0.29, 0.717) is 71.1 Å². The van der Waals surface area contributed by atoms with E-state index >= 15 is 8.78 Å². The summed E-state index contributed by atoms with van der Waals surface area (Å²) >= 11 is 0. The maximum Gasteiger partial charge on any atom is 0.304 e. The van der Waals surface area contributed by atoms with Crippen LogP contribution in [0, 0.1) is 25.5 Å². The zero-order valence-electron chi connectivity index (χ0n) is 22.7. The molecule has 0 spiro atoms. The minimum atomic E-state index is -0.888. The molecule has 2 aliphatic rings. The van der Waals surface area contributed by atoms with Crippen LogP contribution in [0.1, 0.15) is 59.1 Å². The van der Waals surface area contributed by atoms with Crippen molar-refractivity contribution < 1.29 is 37.1 Å². The van der Waals surface area contributed by atoms with Crippen molar-refractivity contribution in [1.82, 2.24) is 0 Å². The summed E-state index contributed by atoms with van der Waals surface area (Å²) in [6.45, 7) is 4.50. The van der Waals surface area contributed by atoms with Crippen LogP contribution >= 0.6 is 0 Å². The maximum atomic E-state index is 15.4. The van der Waals surface area contributed by atoms with Gasteiger partial charge in [-0.05, 0) is 73.6 Å². The quantitative estimate of drug-likeness (QED) is 0.284. The fourth-order valence-corrected chi connectivity index (χ4v) is 6.35. The van der Waals surface area contributed by atoms with E-state index in [0.717, 1.165) is 22.8 Å². The van der Waals surface area contributed by atoms with Gasteiger partial charge in [0.25, 0.3) is 0 Å². The number of hydrogen-bond acceptors (Lipinski definition) is 5. The molecular weight excluding hydrogens is 538 g/mol. The van der Waals surface area contributed by atoms with Crippen LogP contribution in [0.2, 0.25) is 0 Å². The Bertz CT molecular complexity index is 1460. The van der Waals surface area contributed by atoms with Gasteiger partial charge in [-0.2, -0.15) is 0 Å². The Kier molecular flexibility index (Phi) is 8.12. The van der Waals surface area contributed by atoms with Crippen molar-refractivity contribution in [3.05, 3.63) is 75.8 Å². The summed E-state index contributed by atoms with van der Waals surface area (Å²) in [4.78, 5) is 11.1. The minimum Gasteiger partial charge on any atom is -0.494 e. The van der Waals surface area contributed by atoms with Crippen LogP contribution in [0.25, 0.3) is 11.1 Å². The molecule has 0 saturated carbocycles. The molecule has 0 amide bonds. The predicted molar refractivity (Wildman–Crippen MR) is 149 cm³/mol. The fourth-order valence-electron chi connectivity index (χ4n) is 5.83. The van der Waals surface area contributed by atoms with E-state index in [4.69, 9.17) is 19.3 Å². The molecule has 1 heterocycles. The molecule has 1 N–H and O–H groups in total. The van der Waals surface area contributed by atoms with Crippen LogP contribution in [-0.4, -0.2) is 40.5 Å². The highest BCUT2D eigenvalue weighted by atomic mass is 32.2. The number of carboxylic acids is 1. The highest BCUT2D eigenvalue weighted by Gasteiger charge is 2.34. The number of ether oxygens (including phenoxy) is 3. The number of halogens is 2. The highest BCUT2D eigenvalue weighted by Crippen LogP contribution is 2.46. The summed E-state index contributed by atoms with van der Waals surface area (Å²) in [7, 11) is -0.874. The van der Waals surface area contributed by atoms with Gasteiger partial charge in [0.1, 0.15) is 35.0 Å². The summed E-state index contributed by atoms with van der Waals surface area (Å²) in [5.41, 5.74) is 4.51. The first kappa shape index (κ1) is 28.1. The molecule has 3 aromatic rings. The maximum absolute atomic E-state index is 15.4. The second-order valence-corrected chi connectivity index (χ2v) is 12.0. The smallest absolute Gasteiger partial charge is 0.304 e. The van der Waals surface area contributed by atoms with E-state index in [2.05, 4.69) is 0 Å². The van der Waals surface area contributed by atoms with Crippen LogP contribution < -0.4 is 14.2 Å². The van der Waals surface area contributed by atoms with Crippen LogP contribution in [0.5, 0.6) is 17.2 Å². The molecule has 212 valence electrons. The number of hydrogen-bond donors (Lipinski definition) is 1. The third-order valence-electron chi connectivity index (χ3n) is 7.52. The number of carbonyl (C=O) groups is 1. The second kappa shape index (κ2) is 11.6. The van der Waals surface area contributed by atoms with Gasteiger partial charge < -0.3 is 19.3 Å². The Balaban J connectivity index is 1.41. The number of rotatable bonds is 10. The molecule has 0 radical (unpaired) electrons. The van der Waals surface area contributed by atoms with Crippen molar-refractivity contribution in [2.75, 3.05) is 25.2 Å². The van der Waals surface area contributed by atoms with Gasteiger partial charge in [-0.25, -0.2) is 8.78 Å². The summed E-state index contributed by atoms with van der Waals surface area (Å²) in [6, 6.07) is 9.89. The Morgan fingerprint density at radius 2 is 1.82 bits per heavy atom. The monoisotopic (exact) mass is 570 g/mol. The molecule has 3 aromatic carbocycles. The Morgan fingerprint density at radius 3 is 2.52 bits per heavy atom. The third kappa shape index (κ3) is 5.70. The molecule has 1 aliphatic heterocycles. The van der Waals surface area contributed by atoms with Gasteiger partial charge >= 0.3 is 5.97 Å². The zero-order valence-corrected chi connectivity index (χ0v) is 23.5. The average molecular weight is 571 g/mol. The fraction of sp³-hybridized carbons (Fsp3) is 0.387. The average Bonchev–Trinajstić information content (AvgIpc) is 3.47.